The van der Waals surface area contributed by atoms with Crippen LogP contribution in [0.5, 0.6) is 0 Å². The van der Waals surface area contributed by atoms with Gasteiger partial charge in [0.2, 0.25) is 0 Å². The first-order valence-electron chi connectivity index (χ1n) is 7.27. The van der Waals surface area contributed by atoms with E-state index in [-0.39, 0.29) is 10.6 Å². The van der Waals surface area contributed by atoms with Gasteiger partial charge in [0.15, 0.2) is 5.00 Å². The first kappa shape index (κ1) is 15.3. The number of aliphatic hydroxyl groups excluding tert-OH is 1. The van der Waals surface area contributed by atoms with Gasteiger partial charge < -0.3 is 10.0 Å². The zero-order chi connectivity index (χ0) is 14.7. The highest BCUT2D eigenvalue weighted by atomic mass is 32.1. The van der Waals surface area contributed by atoms with Crippen molar-refractivity contribution in [3.63, 3.8) is 0 Å². The number of rotatable bonds is 5. The summed E-state index contributed by atoms with van der Waals surface area (Å²) in [5, 5.41) is 21.7. The lowest BCUT2D eigenvalue weighted by Crippen LogP contribution is -2.36. The number of aliphatic hydroxyl groups is 1. The number of nitrogens with zero attached hydrogens (tertiary/aromatic N) is 2. The van der Waals surface area contributed by atoms with E-state index < -0.39 is 6.10 Å². The predicted octanol–water partition coefficient (Wildman–Crippen LogP) is 3.87. The van der Waals surface area contributed by atoms with Gasteiger partial charge >= 0.3 is 5.69 Å². The Balaban J connectivity index is 2.34. The van der Waals surface area contributed by atoms with Gasteiger partial charge in [-0.25, -0.2) is 0 Å². The molecule has 0 aromatic carbocycles. The Morgan fingerprint density at radius 2 is 2.15 bits per heavy atom. The second-order valence-electron chi connectivity index (χ2n) is 5.35. The Labute approximate surface area is 123 Å². The lowest BCUT2D eigenvalue weighted by atomic mass is 9.94. The summed E-state index contributed by atoms with van der Waals surface area (Å²) in [5.74, 6) is 0. The van der Waals surface area contributed by atoms with E-state index in [2.05, 4.69) is 4.90 Å². The molecule has 1 aliphatic rings. The van der Waals surface area contributed by atoms with Crippen molar-refractivity contribution in [1.29, 1.82) is 0 Å². The van der Waals surface area contributed by atoms with Crippen LogP contribution in [0.25, 0.3) is 0 Å². The molecule has 1 N–H and O–H groups in total. The van der Waals surface area contributed by atoms with Crippen molar-refractivity contribution in [3.8, 4) is 0 Å². The molecule has 1 aliphatic carbocycles. The SMILES string of the molecule is CCN(c1sc([C@@H](C)O)cc1[N+](=O)[O-])C1CCCCC1. The molecule has 1 saturated carbocycles. The maximum absolute atomic E-state index is 11.3. The van der Waals surface area contributed by atoms with E-state index in [1.165, 1.54) is 36.7 Å². The maximum atomic E-state index is 11.3. The third kappa shape index (κ3) is 3.12. The lowest BCUT2D eigenvalue weighted by Gasteiger charge is -2.33. The molecule has 2 rings (SSSR count). The minimum Gasteiger partial charge on any atom is -0.388 e. The molecule has 1 aromatic rings. The molecule has 20 heavy (non-hydrogen) atoms. The first-order valence-corrected chi connectivity index (χ1v) is 8.09. The number of hydrogen-bond acceptors (Lipinski definition) is 5. The normalized spacial score (nSPS) is 17.9. The van der Waals surface area contributed by atoms with Crippen LogP contribution >= 0.6 is 11.3 Å². The van der Waals surface area contributed by atoms with Crippen molar-refractivity contribution < 1.29 is 10.0 Å². The summed E-state index contributed by atoms with van der Waals surface area (Å²) in [6.45, 7) is 4.46. The minimum absolute atomic E-state index is 0.137. The van der Waals surface area contributed by atoms with E-state index >= 15 is 0 Å². The van der Waals surface area contributed by atoms with Crippen LogP contribution in [0.4, 0.5) is 10.7 Å². The van der Waals surface area contributed by atoms with Crippen molar-refractivity contribution in [2.24, 2.45) is 0 Å². The molecule has 1 heterocycles. The Kier molecular flexibility index (Phi) is 4.99. The number of thiophene rings is 1. The van der Waals surface area contributed by atoms with Crippen LogP contribution in [-0.2, 0) is 0 Å². The molecular formula is C14H22N2O3S. The predicted molar refractivity (Wildman–Crippen MR) is 81.5 cm³/mol. The van der Waals surface area contributed by atoms with Crippen LogP contribution in [0, 0.1) is 10.1 Å². The fraction of sp³-hybridized carbons (Fsp3) is 0.714. The maximum Gasteiger partial charge on any atom is 0.304 e. The molecule has 6 heteroatoms. The summed E-state index contributed by atoms with van der Waals surface area (Å²) in [6, 6.07) is 1.92. The van der Waals surface area contributed by atoms with Gasteiger partial charge in [-0.3, -0.25) is 10.1 Å². The van der Waals surface area contributed by atoms with Crippen molar-refractivity contribution in [1.82, 2.24) is 0 Å². The van der Waals surface area contributed by atoms with E-state index in [1.807, 2.05) is 6.92 Å². The van der Waals surface area contributed by atoms with Gasteiger partial charge in [0.05, 0.1) is 11.0 Å². The quantitative estimate of drug-likeness (QED) is 0.662. The van der Waals surface area contributed by atoms with E-state index in [0.717, 1.165) is 19.4 Å². The number of nitro groups is 1. The molecule has 0 radical (unpaired) electrons. The number of hydrogen-bond donors (Lipinski definition) is 1. The smallest absolute Gasteiger partial charge is 0.304 e. The van der Waals surface area contributed by atoms with Gasteiger partial charge in [0.1, 0.15) is 0 Å². The van der Waals surface area contributed by atoms with Crippen LogP contribution < -0.4 is 4.90 Å². The Bertz CT molecular complexity index is 467. The topological polar surface area (TPSA) is 66.6 Å². The fourth-order valence-corrected chi connectivity index (χ4v) is 4.09. The zero-order valence-electron chi connectivity index (χ0n) is 12.0. The van der Waals surface area contributed by atoms with Crippen molar-refractivity contribution in [3.05, 3.63) is 21.1 Å². The van der Waals surface area contributed by atoms with Gasteiger partial charge in [-0.05, 0) is 26.7 Å². The van der Waals surface area contributed by atoms with Crippen molar-refractivity contribution in [2.45, 2.75) is 58.1 Å². The second-order valence-corrected chi connectivity index (χ2v) is 6.41. The average Bonchev–Trinajstić information content (AvgIpc) is 2.86. The molecule has 112 valence electrons. The molecule has 0 unspecified atom stereocenters. The van der Waals surface area contributed by atoms with Crippen molar-refractivity contribution in [2.75, 3.05) is 11.4 Å². The average molecular weight is 298 g/mol. The standard InChI is InChI=1S/C14H22N2O3S/c1-3-15(11-7-5-4-6-8-11)14-12(16(18)19)9-13(20-14)10(2)17/h9-11,17H,3-8H2,1-2H3/t10-/m1/s1. The highest BCUT2D eigenvalue weighted by Gasteiger charge is 2.29. The summed E-state index contributed by atoms with van der Waals surface area (Å²) in [5.41, 5.74) is 0.137. The van der Waals surface area contributed by atoms with Gasteiger partial charge in [0.25, 0.3) is 0 Å². The van der Waals surface area contributed by atoms with E-state index in [0.29, 0.717) is 15.9 Å². The third-order valence-corrected chi connectivity index (χ3v) is 5.27. The van der Waals surface area contributed by atoms with Gasteiger partial charge in [-0.2, -0.15) is 0 Å². The minimum atomic E-state index is -0.655. The molecule has 0 spiro atoms. The molecule has 1 atom stereocenters. The molecule has 0 saturated heterocycles. The summed E-state index contributed by atoms with van der Waals surface area (Å²) in [7, 11) is 0. The Morgan fingerprint density at radius 3 is 2.65 bits per heavy atom. The van der Waals surface area contributed by atoms with E-state index in [1.54, 1.807) is 6.92 Å². The third-order valence-electron chi connectivity index (χ3n) is 3.94. The first-order chi connectivity index (χ1) is 9.54. The molecule has 0 bridgehead atoms. The van der Waals surface area contributed by atoms with Crippen LogP contribution in [0.2, 0.25) is 0 Å². The Morgan fingerprint density at radius 1 is 1.50 bits per heavy atom. The van der Waals surface area contributed by atoms with E-state index in [4.69, 9.17) is 0 Å². The lowest BCUT2D eigenvalue weighted by molar-refractivity contribution is -0.383. The molecule has 1 aromatic heterocycles. The monoisotopic (exact) mass is 298 g/mol. The van der Waals surface area contributed by atoms with Gasteiger partial charge in [-0.15, -0.1) is 11.3 Å². The fourth-order valence-electron chi connectivity index (χ4n) is 2.89. The van der Waals surface area contributed by atoms with Gasteiger partial charge in [-0.1, -0.05) is 19.3 Å². The molecule has 0 amide bonds. The molecule has 0 aliphatic heterocycles. The zero-order valence-corrected chi connectivity index (χ0v) is 12.9. The number of anilines is 1. The second kappa shape index (κ2) is 6.54. The molecule has 1 fully saturated rings. The molecular weight excluding hydrogens is 276 g/mol. The summed E-state index contributed by atoms with van der Waals surface area (Å²) < 4.78 is 0. The summed E-state index contributed by atoms with van der Waals surface area (Å²) >= 11 is 1.36. The van der Waals surface area contributed by atoms with Crippen molar-refractivity contribution >= 4 is 22.0 Å². The van der Waals surface area contributed by atoms with Gasteiger partial charge in [0, 0.05) is 23.5 Å². The summed E-state index contributed by atoms with van der Waals surface area (Å²) in [4.78, 5) is 13.8. The molecule has 5 nitrogen and oxygen atoms in total. The summed E-state index contributed by atoms with van der Waals surface area (Å²) in [6.07, 6.45) is 5.21. The highest BCUT2D eigenvalue weighted by molar-refractivity contribution is 7.16. The van der Waals surface area contributed by atoms with Crippen LogP contribution in [-0.4, -0.2) is 22.6 Å². The van der Waals surface area contributed by atoms with Crippen LogP contribution in [0.1, 0.15) is 56.9 Å². The largest absolute Gasteiger partial charge is 0.388 e. The Hall–Kier alpha value is -1.14. The highest BCUT2D eigenvalue weighted by Crippen LogP contribution is 2.42. The van der Waals surface area contributed by atoms with Crippen LogP contribution in [0.3, 0.4) is 0 Å². The van der Waals surface area contributed by atoms with E-state index in [9.17, 15) is 15.2 Å². The van der Waals surface area contributed by atoms with Crippen LogP contribution in [0.15, 0.2) is 6.07 Å².